The van der Waals surface area contributed by atoms with E-state index in [1.807, 2.05) is 13.0 Å². The first kappa shape index (κ1) is 13.0. The van der Waals surface area contributed by atoms with Crippen LogP contribution in [0.3, 0.4) is 0 Å². The van der Waals surface area contributed by atoms with Crippen LogP contribution < -0.4 is 16.4 Å². The molecule has 0 spiro atoms. The number of hydrogen-bond donors (Lipinski definition) is 3. The van der Waals surface area contributed by atoms with Gasteiger partial charge in [0, 0.05) is 6.04 Å². The van der Waals surface area contributed by atoms with Gasteiger partial charge in [0.15, 0.2) is 0 Å². The summed E-state index contributed by atoms with van der Waals surface area (Å²) in [7, 11) is 0. The number of rotatable bonds is 2. The smallest absolute Gasteiger partial charge is 0.313 e. The summed E-state index contributed by atoms with van der Waals surface area (Å²) >= 11 is 0. The van der Waals surface area contributed by atoms with E-state index >= 15 is 0 Å². The van der Waals surface area contributed by atoms with E-state index in [1.165, 1.54) is 0 Å². The fraction of sp³-hybridized carbons (Fsp3) is 0.333. The molecule has 0 fully saturated rings. The summed E-state index contributed by atoms with van der Waals surface area (Å²) in [6.45, 7) is 5.45. The largest absolute Gasteiger partial charge is 0.397 e. The zero-order valence-corrected chi connectivity index (χ0v) is 10.2. The van der Waals surface area contributed by atoms with Crippen LogP contribution in [-0.4, -0.2) is 17.9 Å². The average Bonchev–Trinajstić information content (AvgIpc) is 2.22. The van der Waals surface area contributed by atoms with E-state index < -0.39 is 11.8 Å². The molecule has 0 aliphatic carbocycles. The van der Waals surface area contributed by atoms with Gasteiger partial charge in [-0.1, -0.05) is 6.07 Å². The van der Waals surface area contributed by atoms with Crippen LogP contribution in [0.1, 0.15) is 19.4 Å². The number of carbonyl (C=O) groups is 2. The molecule has 92 valence electrons. The SMILES string of the molecule is Cc1ccc(N)c(NC(=O)C(=O)NC(C)C)c1. The maximum Gasteiger partial charge on any atom is 0.313 e. The second-order valence-electron chi connectivity index (χ2n) is 4.17. The summed E-state index contributed by atoms with van der Waals surface area (Å²) in [5, 5.41) is 4.99. The summed E-state index contributed by atoms with van der Waals surface area (Å²) in [6.07, 6.45) is 0. The van der Waals surface area contributed by atoms with Crippen molar-refractivity contribution >= 4 is 23.2 Å². The maximum absolute atomic E-state index is 11.5. The fourth-order valence-corrected chi connectivity index (χ4v) is 1.29. The summed E-state index contributed by atoms with van der Waals surface area (Å²) in [6, 6.07) is 5.16. The highest BCUT2D eigenvalue weighted by Crippen LogP contribution is 2.19. The fourth-order valence-electron chi connectivity index (χ4n) is 1.29. The number of benzene rings is 1. The lowest BCUT2D eigenvalue weighted by molar-refractivity contribution is -0.136. The van der Waals surface area contributed by atoms with Crippen LogP contribution in [0.25, 0.3) is 0 Å². The number of hydrogen-bond acceptors (Lipinski definition) is 3. The molecule has 1 rings (SSSR count). The molecule has 0 saturated heterocycles. The van der Waals surface area contributed by atoms with E-state index in [4.69, 9.17) is 5.73 Å². The second-order valence-corrected chi connectivity index (χ2v) is 4.17. The molecule has 0 heterocycles. The first-order valence-electron chi connectivity index (χ1n) is 5.38. The minimum Gasteiger partial charge on any atom is -0.397 e. The molecule has 0 radical (unpaired) electrons. The number of anilines is 2. The first-order chi connectivity index (χ1) is 7.90. The van der Waals surface area contributed by atoms with Crippen molar-refractivity contribution in [2.75, 3.05) is 11.1 Å². The molecule has 0 aliphatic heterocycles. The molecule has 0 aliphatic rings. The van der Waals surface area contributed by atoms with Gasteiger partial charge in [-0.3, -0.25) is 9.59 Å². The van der Waals surface area contributed by atoms with E-state index in [1.54, 1.807) is 26.0 Å². The van der Waals surface area contributed by atoms with Gasteiger partial charge in [-0.15, -0.1) is 0 Å². The topological polar surface area (TPSA) is 84.2 Å². The Morgan fingerprint density at radius 1 is 1.24 bits per heavy atom. The minimum atomic E-state index is -0.712. The molecule has 0 saturated carbocycles. The Bertz CT molecular complexity index is 441. The van der Waals surface area contributed by atoms with E-state index in [9.17, 15) is 9.59 Å². The third-order valence-electron chi connectivity index (χ3n) is 2.08. The molecule has 1 aromatic carbocycles. The first-order valence-corrected chi connectivity index (χ1v) is 5.38. The van der Waals surface area contributed by atoms with Crippen molar-refractivity contribution in [2.24, 2.45) is 0 Å². The van der Waals surface area contributed by atoms with Crippen molar-refractivity contribution in [3.05, 3.63) is 23.8 Å². The van der Waals surface area contributed by atoms with Crippen LogP contribution >= 0.6 is 0 Å². The Hall–Kier alpha value is -2.04. The van der Waals surface area contributed by atoms with Crippen LogP contribution in [0, 0.1) is 6.92 Å². The van der Waals surface area contributed by atoms with E-state index in [0.717, 1.165) is 5.56 Å². The van der Waals surface area contributed by atoms with Gasteiger partial charge in [0.25, 0.3) is 0 Å². The summed E-state index contributed by atoms with van der Waals surface area (Å²) in [5.41, 5.74) is 7.53. The van der Waals surface area contributed by atoms with Crippen LogP contribution in [0.2, 0.25) is 0 Å². The number of amides is 2. The zero-order valence-electron chi connectivity index (χ0n) is 10.2. The zero-order chi connectivity index (χ0) is 13.0. The third-order valence-corrected chi connectivity index (χ3v) is 2.08. The van der Waals surface area contributed by atoms with Crippen molar-refractivity contribution in [1.29, 1.82) is 0 Å². The van der Waals surface area contributed by atoms with Crippen molar-refractivity contribution < 1.29 is 9.59 Å². The highest BCUT2D eigenvalue weighted by atomic mass is 16.2. The monoisotopic (exact) mass is 235 g/mol. The Kier molecular flexibility index (Phi) is 4.09. The van der Waals surface area contributed by atoms with Crippen LogP contribution in [0.5, 0.6) is 0 Å². The van der Waals surface area contributed by atoms with Gasteiger partial charge in [-0.2, -0.15) is 0 Å². The molecule has 0 unspecified atom stereocenters. The lowest BCUT2D eigenvalue weighted by Gasteiger charge is -2.10. The maximum atomic E-state index is 11.5. The van der Waals surface area contributed by atoms with Gasteiger partial charge in [-0.25, -0.2) is 0 Å². The van der Waals surface area contributed by atoms with Crippen molar-refractivity contribution in [3.8, 4) is 0 Å². The minimum absolute atomic E-state index is 0.0805. The molecule has 5 nitrogen and oxygen atoms in total. The molecular weight excluding hydrogens is 218 g/mol. The van der Waals surface area contributed by atoms with E-state index in [2.05, 4.69) is 10.6 Å². The van der Waals surface area contributed by atoms with Crippen molar-refractivity contribution in [3.63, 3.8) is 0 Å². The number of aryl methyl sites for hydroxylation is 1. The quantitative estimate of drug-likeness (QED) is 0.529. The second kappa shape index (κ2) is 5.34. The highest BCUT2D eigenvalue weighted by molar-refractivity contribution is 6.40. The predicted molar refractivity (Wildman–Crippen MR) is 67.5 cm³/mol. The molecule has 1 aromatic rings. The van der Waals surface area contributed by atoms with Crippen molar-refractivity contribution in [2.45, 2.75) is 26.8 Å². The number of nitrogen functional groups attached to an aromatic ring is 1. The van der Waals surface area contributed by atoms with E-state index in [0.29, 0.717) is 11.4 Å². The molecule has 0 atom stereocenters. The normalized spacial score (nSPS) is 10.1. The molecule has 5 heteroatoms. The lowest BCUT2D eigenvalue weighted by Crippen LogP contribution is -2.39. The Morgan fingerprint density at radius 2 is 1.88 bits per heavy atom. The Morgan fingerprint density at radius 3 is 2.47 bits per heavy atom. The standard InChI is InChI=1S/C12H17N3O2/c1-7(2)14-11(16)12(17)15-10-6-8(3)4-5-9(10)13/h4-7H,13H2,1-3H3,(H,14,16)(H,15,17). The van der Waals surface area contributed by atoms with Crippen LogP contribution in [-0.2, 0) is 9.59 Å². The van der Waals surface area contributed by atoms with Crippen molar-refractivity contribution in [1.82, 2.24) is 5.32 Å². The molecule has 2 amide bonds. The predicted octanol–water partition coefficient (Wildman–Crippen LogP) is 1.04. The number of nitrogens with one attached hydrogen (secondary N) is 2. The molecule has 0 bridgehead atoms. The lowest BCUT2D eigenvalue weighted by atomic mass is 10.2. The van der Waals surface area contributed by atoms with Gasteiger partial charge in [0.2, 0.25) is 0 Å². The van der Waals surface area contributed by atoms with Gasteiger partial charge in [0.1, 0.15) is 0 Å². The Balaban J connectivity index is 2.74. The summed E-state index contributed by atoms with van der Waals surface area (Å²) < 4.78 is 0. The van der Waals surface area contributed by atoms with E-state index in [-0.39, 0.29) is 6.04 Å². The molecule has 4 N–H and O–H groups in total. The molecule has 17 heavy (non-hydrogen) atoms. The van der Waals surface area contributed by atoms with Gasteiger partial charge < -0.3 is 16.4 Å². The molecular formula is C12H17N3O2. The number of nitrogens with two attached hydrogens (primary N) is 1. The molecule has 0 aromatic heterocycles. The summed E-state index contributed by atoms with van der Waals surface area (Å²) in [4.78, 5) is 22.9. The Labute approximate surface area is 100 Å². The third kappa shape index (κ3) is 3.79. The average molecular weight is 235 g/mol. The highest BCUT2D eigenvalue weighted by Gasteiger charge is 2.15. The van der Waals surface area contributed by atoms with Crippen LogP contribution in [0.4, 0.5) is 11.4 Å². The number of carbonyl (C=O) groups excluding carboxylic acids is 2. The van der Waals surface area contributed by atoms with Gasteiger partial charge in [-0.05, 0) is 38.5 Å². The van der Waals surface area contributed by atoms with Gasteiger partial charge in [0.05, 0.1) is 11.4 Å². The summed E-state index contributed by atoms with van der Waals surface area (Å²) in [5.74, 6) is -1.38. The van der Waals surface area contributed by atoms with Gasteiger partial charge >= 0.3 is 11.8 Å². The van der Waals surface area contributed by atoms with Crippen LogP contribution in [0.15, 0.2) is 18.2 Å².